The van der Waals surface area contributed by atoms with Gasteiger partial charge in [0.1, 0.15) is 0 Å². The minimum absolute atomic E-state index is 0.0315. The summed E-state index contributed by atoms with van der Waals surface area (Å²) in [6, 6.07) is 0. The van der Waals surface area contributed by atoms with Gasteiger partial charge in [-0.3, -0.25) is 9.59 Å². The van der Waals surface area contributed by atoms with Crippen LogP contribution in [0.25, 0.3) is 0 Å². The summed E-state index contributed by atoms with van der Waals surface area (Å²) in [5, 5.41) is 15.4. The number of carboxylic acid groups (broad SMARTS) is 1. The third kappa shape index (κ3) is 2.83. The fourth-order valence-corrected chi connectivity index (χ4v) is 3.00. The molecule has 102 valence electrons. The number of carboxylic acids is 1. The van der Waals surface area contributed by atoms with Gasteiger partial charge in [-0.1, -0.05) is 12.8 Å². The van der Waals surface area contributed by atoms with Gasteiger partial charge in [0.05, 0.1) is 5.41 Å². The molecule has 0 aromatic heterocycles. The van der Waals surface area contributed by atoms with E-state index in [-0.39, 0.29) is 11.8 Å². The molecule has 3 N–H and O–H groups in total. The summed E-state index contributed by atoms with van der Waals surface area (Å²) in [6.45, 7) is 2.05. The topological polar surface area (TPSA) is 78.4 Å². The molecule has 1 aliphatic heterocycles. The van der Waals surface area contributed by atoms with E-state index in [1.807, 2.05) is 0 Å². The summed E-state index contributed by atoms with van der Waals surface area (Å²) in [6.07, 6.45) is 4.99. The Hall–Kier alpha value is -1.10. The van der Waals surface area contributed by atoms with Gasteiger partial charge in [0.25, 0.3) is 0 Å². The number of hydrogen-bond acceptors (Lipinski definition) is 3. The lowest BCUT2D eigenvalue weighted by Gasteiger charge is -2.27. The van der Waals surface area contributed by atoms with E-state index in [1.54, 1.807) is 0 Å². The van der Waals surface area contributed by atoms with Gasteiger partial charge < -0.3 is 15.7 Å². The van der Waals surface area contributed by atoms with E-state index in [2.05, 4.69) is 10.6 Å². The number of carbonyl (C=O) groups is 2. The molecule has 1 aliphatic carbocycles. The molecule has 5 nitrogen and oxygen atoms in total. The van der Waals surface area contributed by atoms with E-state index < -0.39 is 11.4 Å². The van der Waals surface area contributed by atoms with E-state index >= 15 is 0 Å². The highest BCUT2D eigenvalue weighted by atomic mass is 16.4. The summed E-state index contributed by atoms with van der Waals surface area (Å²) in [4.78, 5) is 23.3. The van der Waals surface area contributed by atoms with Crippen LogP contribution in [-0.2, 0) is 9.59 Å². The van der Waals surface area contributed by atoms with Crippen LogP contribution >= 0.6 is 0 Å². The molecule has 0 atom stereocenters. The third-order valence-corrected chi connectivity index (χ3v) is 4.33. The first-order chi connectivity index (χ1) is 8.64. The Balaban J connectivity index is 1.85. The number of carbonyl (C=O) groups excluding carboxylic acids is 1. The second-order valence-corrected chi connectivity index (χ2v) is 5.53. The molecule has 0 aromatic rings. The van der Waals surface area contributed by atoms with Gasteiger partial charge in [0.2, 0.25) is 5.91 Å². The van der Waals surface area contributed by atoms with E-state index in [1.165, 1.54) is 0 Å². The molecule has 1 amide bonds. The van der Waals surface area contributed by atoms with E-state index in [0.717, 1.165) is 38.8 Å². The standard InChI is InChI=1S/C13H22N2O3/c16-11(10-3-7-14-8-4-10)15-9-13(12(17)18)5-1-2-6-13/h10,14H,1-9H2,(H,15,16)(H,17,18). The average molecular weight is 254 g/mol. The summed E-state index contributed by atoms with van der Waals surface area (Å²) in [5.74, 6) is -0.673. The van der Waals surface area contributed by atoms with E-state index in [0.29, 0.717) is 19.4 Å². The summed E-state index contributed by atoms with van der Waals surface area (Å²) >= 11 is 0. The second kappa shape index (κ2) is 5.69. The van der Waals surface area contributed by atoms with Gasteiger partial charge in [-0.05, 0) is 38.8 Å². The van der Waals surface area contributed by atoms with Crippen molar-refractivity contribution in [3.8, 4) is 0 Å². The largest absolute Gasteiger partial charge is 0.481 e. The van der Waals surface area contributed by atoms with Crippen molar-refractivity contribution in [3.63, 3.8) is 0 Å². The number of nitrogens with one attached hydrogen (secondary N) is 2. The number of piperidine rings is 1. The van der Waals surface area contributed by atoms with Crippen LogP contribution in [0.2, 0.25) is 0 Å². The molecule has 2 fully saturated rings. The lowest BCUT2D eigenvalue weighted by Crippen LogP contribution is -2.45. The van der Waals surface area contributed by atoms with E-state index in [9.17, 15) is 14.7 Å². The molecule has 0 radical (unpaired) electrons. The molecule has 2 aliphatic rings. The van der Waals surface area contributed by atoms with Crippen molar-refractivity contribution >= 4 is 11.9 Å². The average Bonchev–Trinajstić information content (AvgIpc) is 2.87. The van der Waals surface area contributed by atoms with Crippen LogP contribution in [0.4, 0.5) is 0 Å². The van der Waals surface area contributed by atoms with Gasteiger partial charge in [-0.25, -0.2) is 0 Å². The Labute approximate surface area is 107 Å². The van der Waals surface area contributed by atoms with Crippen molar-refractivity contribution in [1.29, 1.82) is 0 Å². The lowest BCUT2D eigenvalue weighted by molar-refractivity contribution is -0.148. The van der Waals surface area contributed by atoms with Gasteiger partial charge in [-0.2, -0.15) is 0 Å². The van der Waals surface area contributed by atoms with Crippen LogP contribution in [0, 0.1) is 11.3 Å². The highest BCUT2D eigenvalue weighted by Gasteiger charge is 2.41. The Kier molecular flexibility index (Phi) is 4.22. The molecular weight excluding hydrogens is 232 g/mol. The minimum atomic E-state index is -0.759. The Bertz CT molecular complexity index is 318. The van der Waals surface area contributed by atoms with Gasteiger partial charge in [0.15, 0.2) is 0 Å². The SMILES string of the molecule is O=C(NCC1(C(=O)O)CCCC1)C1CCNCC1. The first kappa shape index (κ1) is 13.3. The number of aliphatic carboxylic acids is 1. The lowest BCUT2D eigenvalue weighted by atomic mass is 9.86. The molecule has 18 heavy (non-hydrogen) atoms. The zero-order chi connectivity index (χ0) is 13.0. The highest BCUT2D eigenvalue weighted by molar-refractivity contribution is 5.81. The summed E-state index contributed by atoms with van der Waals surface area (Å²) < 4.78 is 0. The van der Waals surface area contributed by atoms with Crippen LogP contribution in [0.3, 0.4) is 0 Å². The number of rotatable bonds is 4. The normalized spacial score (nSPS) is 23.8. The molecule has 2 rings (SSSR count). The Morgan fingerprint density at radius 1 is 1.22 bits per heavy atom. The Morgan fingerprint density at radius 3 is 2.39 bits per heavy atom. The first-order valence-corrected chi connectivity index (χ1v) is 6.86. The quantitative estimate of drug-likeness (QED) is 0.691. The minimum Gasteiger partial charge on any atom is -0.481 e. The van der Waals surface area contributed by atoms with Crippen molar-refractivity contribution in [1.82, 2.24) is 10.6 Å². The van der Waals surface area contributed by atoms with Gasteiger partial charge in [0, 0.05) is 12.5 Å². The fraction of sp³-hybridized carbons (Fsp3) is 0.846. The molecule has 0 aromatic carbocycles. The molecule has 1 saturated carbocycles. The van der Waals surface area contributed by atoms with Crippen molar-refractivity contribution in [3.05, 3.63) is 0 Å². The molecule has 5 heteroatoms. The van der Waals surface area contributed by atoms with Crippen molar-refractivity contribution in [2.75, 3.05) is 19.6 Å². The maximum absolute atomic E-state index is 12.0. The second-order valence-electron chi connectivity index (χ2n) is 5.53. The number of amides is 1. The maximum Gasteiger partial charge on any atom is 0.311 e. The molecule has 0 unspecified atom stereocenters. The predicted molar refractivity (Wildman–Crippen MR) is 67.1 cm³/mol. The number of hydrogen-bond donors (Lipinski definition) is 3. The molecule has 1 heterocycles. The fourth-order valence-electron chi connectivity index (χ4n) is 3.00. The van der Waals surface area contributed by atoms with Crippen LogP contribution in [-0.4, -0.2) is 36.6 Å². The van der Waals surface area contributed by atoms with Gasteiger partial charge >= 0.3 is 5.97 Å². The van der Waals surface area contributed by atoms with Crippen LogP contribution in [0.1, 0.15) is 38.5 Å². The van der Waals surface area contributed by atoms with E-state index in [4.69, 9.17) is 0 Å². The molecule has 1 saturated heterocycles. The van der Waals surface area contributed by atoms with Crippen LogP contribution in [0.5, 0.6) is 0 Å². The summed E-state index contributed by atoms with van der Waals surface area (Å²) in [7, 11) is 0. The van der Waals surface area contributed by atoms with Crippen molar-refractivity contribution in [2.45, 2.75) is 38.5 Å². The van der Waals surface area contributed by atoms with Crippen molar-refractivity contribution < 1.29 is 14.7 Å². The maximum atomic E-state index is 12.0. The third-order valence-electron chi connectivity index (χ3n) is 4.33. The molecule has 0 bridgehead atoms. The predicted octanol–water partition coefficient (Wildman–Crippen LogP) is 0.747. The van der Waals surface area contributed by atoms with Crippen LogP contribution < -0.4 is 10.6 Å². The molecule has 0 spiro atoms. The van der Waals surface area contributed by atoms with Crippen LogP contribution in [0.15, 0.2) is 0 Å². The zero-order valence-electron chi connectivity index (χ0n) is 10.7. The van der Waals surface area contributed by atoms with Crippen molar-refractivity contribution in [2.24, 2.45) is 11.3 Å². The first-order valence-electron chi connectivity index (χ1n) is 6.86. The molecular formula is C13H22N2O3. The smallest absolute Gasteiger partial charge is 0.311 e. The summed E-state index contributed by atoms with van der Waals surface area (Å²) in [5.41, 5.74) is -0.706. The monoisotopic (exact) mass is 254 g/mol. The Morgan fingerprint density at radius 2 is 1.83 bits per heavy atom. The highest BCUT2D eigenvalue weighted by Crippen LogP contribution is 2.37. The zero-order valence-corrected chi connectivity index (χ0v) is 10.7. The van der Waals surface area contributed by atoms with Gasteiger partial charge in [-0.15, -0.1) is 0 Å².